The highest BCUT2D eigenvalue weighted by atomic mass is 32.1. The molecule has 0 bridgehead atoms. The van der Waals surface area contributed by atoms with Crippen molar-refractivity contribution >= 4 is 11.3 Å². The van der Waals surface area contributed by atoms with E-state index in [0.717, 1.165) is 18.4 Å². The standard InChI is InChI=1S/C17H20N2S/c1-2-7-16(17-10-6-11-20-17)19-13-15(12-18)14-8-4-3-5-9-14/h3-6,8-11,15-16,19H,2,7,13H2,1H3. The third-order valence-corrected chi connectivity index (χ3v) is 4.38. The lowest BCUT2D eigenvalue weighted by atomic mass is 10.00. The van der Waals surface area contributed by atoms with Gasteiger partial charge in [-0.25, -0.2) is 0 Å². The number of hydrogen-bond acceptors (Lipinski definition) is 3. The van der Waals surface area contributed by atoms with Crippen molar-refractivity contribution in [2.24, 2.45) is 0 Å². The lowest BCUT2D eigenvalue weighted by Crippen LogP contribution is -2.25. The first kappa shape index (κ1) is 14.8. The second-order valence-electron chi connectivity index (χ2n) is 4.86. The van der Waals surface area contributed by atoms with E-state index >= 15 is 0 Å². The minimum atomic E-state index is -0.0875. The molecule has 1 N–H and O–H groups in total. The Hall–Kier alpha value is -1.63. The van der Waals surface area contributed by atoms with Gasteiger partial charge in [0.05, 0.1) is 12.0 Å². The van der Waals surface area contributed by atoms with Crippen molar-refractivity contribution in [3.05, 3.63) is 58.3 Å². The number of hydrogen-bond donors (Lipinski definition) is 1. The fourth-order valence-corrected chi connectivity index (χ4v) is 3.14. The van der Waals surface area contributed by atoms with Crippen molar-refractivity contribution in [3.8, 4) is 6.07 Å². The molecule has 0 fully saturated rings. The summed E-state index contributed by atoms with van der Waals surface area (Å²) < 4.78 is 0. The molecule has 0 amide bonds. The molecule has 20 heavy (non-hydrogen) atoms. The van der Waals surface area contributed by atoms with Crippen LogP contribution in [0.3, 0.4) is 0 Å². The minimum absolute atomic E-state index is 0.0875. The summed E-state index contributed by atoms with van der Waals surface area (Å²) in [5.41, 5.74) is 1.09. The van der Waals surface area contributed by atoms with E-state index in [1.165, 1.54) is 4.88 Å². The molecular weight excluding hydrogens is 264 g/mol. The molecule has 0 aliphatic rings. The van der Waals surface area contributed by atoms with E-state index in [-0.39, 0.29) is 5.92 Å². The molecular formula is C17H20N2S. The monoisotopic (exact) mass is 284 g/mol. The van der Waals surface area contributed by atoms with E-state index in [1.807, 2.05) is 30.3 Å². The molecule has 0 aliphatic carbocycles. The van der Waals surface area contributed by atoms with E-state index in [2.05, 4.69) is 35.8 Å². The van der Waals surface area contributed by atoms with Gasteiger partial charge in [0, 0.05) is 17.5 Å². The molecule has 0 aliphatic heterocycles. The van der Waals surface area contributed by atoms with Gasteiger partial charge in [-0.15, -0.1) is 11.3 Å². The molecule has 2 rings (SSSR count). The van der Waals surface area contributed by atoms with Gasteiger partial charge >= 0.3 is 0 Å². The number of nitrogens with zero attached hydrogens (tertiary/aromatic N) is 1. The molecule has 104 valence electrons. The SMILES string of the molecule is CCCC(NCC(C#N)c1ccccc1)c1cccs1. The third kappa shape index (κ3) is 3.93. The van der Waals surface area contributed by atoms with Gasteiger partial charge in [0.1, 0.15) is 0 Å². The van der Waals surface area contributed by atoms with Gasteiger partial charge < -0.3 is 5.32 Å². The fourth-order valence-electron chi connectivity index (χ4n) is 2.31. The second-order valence-corrected chi connectivity index (χ2v) is 5.84. The van der Waals surface area contributed by atoms with Crippen molar-refractivity contribution in [1.29, 1.82) is 5.26 Å². The van der Waals surface area contributed by atoms with Gasteiger partial charge in [-0.1, -0.05) is 49.7 Å². The minimum Gasteiger partial charge on any atom is -0.308 e. The molecule has 3 heteroatoms. The smallest absolute Gasteiger partial charge is 0.0837 e. The highest BCUT2D eigenvalue weighted by molar-refractivity contribution is 7.10. The van der Waals surface area contributed by atoms with E-state index < -0.39 is 0 Å². The summed E-state index contributed by atoms with van der Waals surface area (Å²) >= 11 is 1.78. The van der Waals surface area contributed by atoms with Crippen molar-refractivity contribution in [2.75, 3.05) is 6.54 Å². The Bertz CT molecular complexity index is 528. The van der Waals surface area contributed by atoms with Crippen molar-refractivity contribution in [1.82, 2.24) is 5.32 Å². The number of benzene rings is 1. The maximum absolute atomic E-state index is 9.37. The van der Waals surface area contributed by atoms with Gasteiger partial charge in [-0.3, -0.25) is 0 Å². The average molecular weight is 284 g/mol. The lowest BCUT2D eigenvalue weighted by molar-refractivity contribution is 0.493. The maximum Gasteiger partial charge on any atom is 0.0837 e. The van der Waals surface area contributed by atoms with Gasteiger partial charge in [0.2, 0.25) is 0 Å². The molecule has 0 saturated heterocycles. The average Bonchev–Trinajstić information content (AvgIpc) is 3.02. The topological polar surface area (TPSA) is 35.8 Å². The van der Waals surface area contributed by atoms with Gasteiger partial charge in [0.15, 0.2) is 0 Å². The van der Waals surface area contributed by atoms with Crippen LogP contribution in [0.4, 0.5) is 0 Å². The van der Waals surface area contributed by atoms with E-state index in [1.54, 1.807) is 11.3 Å². The molecule has 2 unspecified atom stereocenters. The predicted molar refractivity (Wildman–Crippen MR) is 84.8 cm³/mol. The number of rotatable bonds is 7. The molecule has 2 atom stereocenters. The normalized spacial score (nSPS) is 13.6. The summed E-state index contributed by atoms with van der Waals surface area (Å²) in [6.07, 6.45) is 2.24. The number of nitrogens with one attached hydrogen (secondary N) is 1. The molecule has 1 heterocycles. The van der Waals surface area contributed by atoms with E-state index in [0.29, 0.717) is 12.6 Å². The van der Waals surface area contributed by atoms with Crippen LogP contribution >= 0.6 is 11.3 Å². The fraction of sp³-hybridized carbons (Fsp3) is 0.353. The first-order chi connectivity index (χ1) is 9.85. The largest absolute Gasteiger partial charge is 0.308 e. The zero-order valence-corrected chi connectivity index (χ0v) is 12.6. The molecule has 0 radical (unpaired) electrons. The highest BCUT2D eigenvalue weighted by Crippen LogP contribution is 2.24. The summed E-state index contributed by atoms with van der Waals surface area (Å²) in [6.45, 7) is 2.89. The van der Waals surface area contributed by atoms with Crippen LogP contribution in [0.1, 0.15) is 42.2 Å². The maximum atomic E-state index is 9.37. The second kappa shape index (κ2) is 7.84. The van der Waals surface area contributed by atoms with Gasteiger partial charge in [-0.05, 0) is 23.4 Å². The van der Waals surface area contributed by atoms with Gasteiger partial charge in [0.25, 0.3) is 0 Å². The zero-order chi connectivity index (χ0) is 14.2. The Kier molecular flexibility index (Phi) is 5.79. The van der Waals surface area contributed by atoms with Crippen molar-refractivity contribution in [3.63, 3.8) is 0 Å². The summed E-state index contributed by atoms with van der Waals surface area (Å²) in [6, 6.07) is 17.0. The quantitative estimate of drug-likeness (QED) is 0.813. The first-order valence-electron chi connectivity index (χ1n) is 7.06. The highest BCUT2D eigenvalue weighted by Gasteiger charge is 2.15. The van der Waals surface area contributed by atoms with E-state index in [4.69, 9.17) is 0 Å². The summed E-state index contributed by atoms with van der Waals surface area (Å²) in [4.78, 5) is 1.36. The Morgan fingerprint density at radius 1 is 1.20 bits per heavy atom. The van der Waals surface area contributed by atoms with Crippen molar-refractivity contribution in [2.45, 2.75) is 31.7 Å². The van der Waals surface area contributed by atoms with Gasteiger partial charge in [-0.2, -0.15) is 5.26 Å². The van der Waals surface area contributed by atoms with Crippen molar-refractivity contribution < 1.29 is 0 Å². The molecule has 0 spiro atoms. The first-order valence-corrected chi connectivity index (χ1v) is 7.94. The predicted octanol–water partition coefficient (Wildman–Crippen LogP) is 4.49. The molecule has 0 saturated carbocycles. The Morgan fingerprint density at radius 3 is 2.60 bits per heavy atom. The summed E-state index contributed by atoms with van der Waals surface area (Å²) in [5.74, 6) is -0.0875. The van der Waals surface area contributed by atoms with E-state index in [9.17, 15) is 5.26 Å². The van der Waals surface area contributed by atoms with Crippen LogP contribution in [0.5, 0.6) is 0 Å². The molecule has 1 aromatic heterocycles. The molecule has 2 nitrogen and oxygen atoms in total. The van der Waals surface area contributed by atoms with Crippen LogP contribution in [-0.4, -0.2) is 6.54 Å². The Balaban J connectivity index is 2.00. The number of thiophene rings is 1. The lowest BCUT2D eigenvalue weighted by Gasteiger charge is -2.19. The van der Waals surface area contributed by atoms with Crippen LogP contribution < -0.4 is 5.32 Å². The number of nitriles is 1. The molecule has 1 aromatic carbocycles. The van der Waals surface area contributed by atoms with Crippen LogP contribution in [0.2, 0.25) is 0 Å². The Labute approximate surface area is 125 Å². The van der Waals surface area contributed by atoms with Crippen LogP contribution in [0.25, 0.3) is 0 Å². The Morgan fingerprint density at radius 2 is 2.00 bits per heavy atom. The zero-order valence-electron chi connectivity index (χ0n) is 11.8. The summed E-state index contributed by atoms with van der Waals surface area (Å²) in [7, 11) is 0. The van der Waals surface area contributed by atoms with Crippen LogP contribution in [0.15, 0.2) is 47.8 Å². The molecule has 2 aromatic rings. The van der Waals surface area contributed by atoms with Crippen LogP contribution in [-0.2, 0) is 0 Å². The third-order valence-electron chi connectivity index (χ3n) is 3.39. The van der Waals surface area contributed by atoms with Crippen LogP contribution in [0, 0.1) is 11.3 Å². The summed E-state index contributed by atoms with van der Waals surface area (Å²) in [5, 5.41) is 15.0.